The van der Waals surface area contributed by atoms with Gasteiger partial charge in [0, 0.05) is 11.3 Å². The zero-order valence-electron chi connectivity index (χ0n) is 13.5. The number of hydrogen-bond donors (Lipinski definition) is 0. The van der Waals surface area contributed by atoms with Crippen molar-refractivity contribution in [1.29, 1.82) is 0 Å². The fourth-order valence-corrected chi connectivity index (χ4v) is 2.04. The van der Waals surface area contributed by atoms with Gasteiger partial charge in [-0.1, -0.05) is 62.6 Å². The van der Waals surface area contributed by atoms with E-state index in [9.17, 15) is 10.1 Å². The van der Waals surface area contributed by atoms with Crippen molar-refractivity contribution >= 4 is 0 Å². The lowest BCUT2D eigenvalue weighted by molar-refractivity contribution is -0.480. The van der Waals surface area contributed by atoms with Gasteiger partial charge in [0.1, 0.15) is 0 Å². The minimum Gasteiger partial charge on any atom is -0.265 e. The largest absolute Gasteiger partial charge is 0.265 e. The summed E-state index contributed by atoms with van der Waals surface area (Å²) in [4.78, 5) is 9.91. The van der Waals surface area contributed by atoms with Gasteiger partial charge in [-0.25, -0.2) is 0 Å². The van der Waals surface area contributed by atoms with Gasteiger partial charge >= 0.3 is 0 Å². The summed E-state index contributed by atoms with van der Waals surface area (Å²) in [5.41, 5.74) is 0. The lowest BCUT2D eigenvalue weighted by Crippen LogP contribution is -1.99. The van der Waals surface area contributed by atoms with Crippen LogP contribution >= 0.6 is 0 Å². The molecule has 0 N–H and O–H groups in total. The molecule has 0 aromatic heterocycles. The molecule has 0 bridgehead atoms. The summed E-state index contributed by atoms with van der Waals surface area (Å²) < 4.78 is 0. The molecule has 0 saturated carbocycles. The normalized spacial score (nSPS) is 12.0. The van der Waals surface area contributed by atoms with E-state index in [4.69, 9.17) is 0 Å². The second-order valence-corrected chi connectivity index (χ2v) is 5.26. The number of rotatable bonds is 14. The minimum atomic E-state index is -0.223. The van der Waals surface area contributed by atoms with E-state index in [0.717, 1.165) is 44.9 Å². The van der Waals surface area contributed by atoms with E-state index in [1.165, 1.54) is 19.3 Å². The van der Waals surface area contributed by atoms with Crippen molar-refractivity contribution in [2.24, 2.45) is 0 Å². The number of nitrogens with zero attached hydrogens (tertiary/aromatic N) is 1. The van der Waals surface area contributed by atoms with Gasteiger partial charge in [-0.3, -0.25) is 10.1 Å². The van der Waals surface area contributed by atoms with Crippen molar-refractivity contribution in [1.82, 2.24) is 0 Å². The Morgan fingerprint density at radius 3 is 1.90 bits per heavy atom. The van der Waals surface area contributed by atoms with Gasteiger partial charge in [0.2, 0.25) is 6.54 Å². The average Bonchev–Trinajstić information content (AvgIpc) is 2.46. The Kier molecular flexibility index (Phi) is 15.6. The molecular weight excluding hydrogens is 262 g/mol. The van der Waals surface area contributed by atoms with Crippen molar-refractivity contribution in [3.8, 4) is 0 Å². The zero-order valence-corrected chi connectivity index (χ0v) is 13.5. The summed E-state index contributed by atoms with van der Waals surface area (Å²) in [6.07, 6.45) is 24.2. The highest BCUT2D eigenvalue weighted by Crippen LogP contribution is 2.07. The van der Waals surface area contributed by atoms with Crippen LogP contribution in [0.4, 0.5) is 0 Å². The summed E-state index contributed by atoms with van der Waals surface area (Å²) >= 11 is 0. The minimum absolute atomic E-state index is 0.129. The number of allylic oxidation sites excluding steroid dienone is 6. The van der Waals surface area contributed by atoms with Crippen LogP contribution in [-0.2, 0) is 0 Å². The summed E-state index contributed by atoms with van der Waals surface area (Å²) in [5, 5.41) is 10.1. The summed E-state index contributed by atoms with van der Waals surface area (Å²) in [5.74, 6) is 0. The average molecular weight is 293 g/mol. The maximum absolute atomic E-state index is 10.1. The van der Waals surface area contributed by atoms with Crippen LogP contribution < -0.4 is 0 Å². The number of hydrogen-bond acceptors (Lipinski definition) is 2. The fourth-order valence-electron chi connectivity index (χ4n) is 2.04. The van der Waals surface area contributed by atoms with Crippen LogP contribution in [0.3, 0.4) is 0 Å². The molecule has 120 valence electrons. The van der Waals surface area contributed by atoms with Gasteiger partial charge in [-0.15, -0.1) is 0 Å². The molecule has 0 aromatic rings. The lowest BCUT2D eigenvalue weighted by Gasteiger charge is -1.98. The van der Waals surface area contributed by atoms with E-state index in [0.29, 0.717) is 0 Å². The molecule has 0 radical (unpaired) electrons. The second kappa shape index (κ2) is 16.7. The molecule has 0 aliphatic carbocycles. The summed E-state index contributed by atoms with van der Waals surface area (Å²) in [6.45, 7) is 2.28. The van der Waals surface area contributed by atoms with Crippen LogP contribution in [-0.4, -0.2) is 11.5 Å². The Hall–Kier alpha value is -1.38. The van der Waals surface area contributed by atoms with Gasteiger partial charge in [0.05, 0.1) is 0 Å². The molecule has 0 saturated heterocycles. The maximum Gasteiger partial charge on any atom is 0.203 e. The van der Waals surface area contributed by atoms with E-state index in [2.05, 4.69) is 43.4 Å². The first kappa shape index (κ1) is 19.6. The molecule has 0 fully saturated rings. The molecule has 0 atom stereocenters. The lowest BCUT2D eigenvalue weighted by atomic mass is 10.1. The fraction of sp³-hybridized carbons (Fsp3) is 0.667. The van der Waals surface area contributed by atoms with E-state index in [1.54, 1.807) is 0 Å². The first-order chi connectivity index (χ1) is 10.3. The monoisotopic (exact) mass is 293 g/mol. The molecule has 0 spiro atoms. The van der Waals surface area contributed by atoms with Crippen molar-refractivity contribution < 1.29 is 4.92 Å². The van der Waals surface area contributed by atoms with Crippen molar-refractivity contribution in [2.45, 2.75) is 71.1 Å². The topological polar surface area (TPSA) is 43.1 Å². The van der Waals surface area contributed by atoms with Gasteiger partial charge in [0.25, 0.3) is 0 Å². The van der Waals surface area contributed by atoms with Gasteiger partial charge in [0.15, 0.2) is 0 Å². The molecule has 0 rings (SSSR count). The Bertz CT molecular complexity index is 319. The Balaban J connectivity index is 3.22. The van der Waals surface area contributed by atoms with Crippen LogP contribution in [0.5, 0.6) is 0 Å². The molecular formula is C18H31NO2. The van der Waals surface area contributed by atoms with Gasteiger partial charge in [-0.2, -0.15) is 0 Å². The van der Waals surface area contributed by atoms with Crippen molar-refractivity contribution in [3.63, 3.8) is 0 Å². The third-order valence-electron chi connectivity index (χ3n) is 3.24. The van der Waals surface area contributed by atoms with Crippen LogP contribution in [0.2, 0.25) is 0 Å². The number of unbranched alkanes of at least 4 members (excludes halogenated alkanes) is 6. The first-order valence-electron chi connectivity index (χ1n) is 8.34. The van der Waals surface area contributed by atoms with Crippen molar-refractivity contribution in [2.75, 3.05) is 6.54 Å². The maximum atomic E-state index is 10.1. The smallest absolute Gasteiger partial charge is 0.203 e. The molecule has 21 heavy (non-hydrogen) atoms. The predicted octanol–water partition coefficient (Wildman–Crippen LogP) is 5.85. The Morgan fingerprint density at radius 2 is 1.29 bits per heavy atom. The van der Waals surface area contributed by atoms with Gasteiger partial charge in [-0.05, 0) is 38.5 Å². The molecule has 0 aliphatic heterocycles. The first-order valence-corrected chi connectivity index (χ1v) is 8.34. The highest BCUT2D eigenvalue weighted by atomic mass is 16.6. The van der Waals surface area contributed by atoms with E-state index < -0.39 is 0 Å². The van der Waals surface area contributed by atoms with Gasteiger partial charge < -0.3 is 0 Å². The standard InChI is InChI=1S/C18H31NO2/c1-2-3-4-5-6-7-8-9-10-11-12-13-14-15-16-17-18-19(20)21/h3-4,6-7,9-10H,2,5,8,11-18H2,1H3/b4-3-,7-6-,10-9-. The third-order valence-corrected chi connectivity index (χ3v) is 3.24. The zero-order chi connectivity index (χ0) is 15.6. The van der Waals surface area contributed by atoms with Crippen LogP contribution in [0.25, 0.3) is 0 Å². The molecule has 3 nitrogen and oxygen atoms in total. The quantitative estimate of drug-likeness (QED) is 0.174. The number of nitro groups is 1. The summed E-state index contributed by atoms with van der Waals surface area (Å²) in [6, 6.07) is 0. The molecule has 3 heteroatoms. The highest BCUT2D eigenvalue weighted by Gasteiger charge is 1.96. The highest BCUT2D eigenvalue weighted by molar-refractivity contribution is 4.96. The summed E-state index contributed by atoms with van der Waals surface area (Å²) in [7, 11) is 0. The van der Waals surface area contributed by atoms with E-state index in [1.807, 2.05) is 0 Å². The van der Waals surface area contributed by atoms with E-state index in [-0.39, 0.29) is 11.5 Å². The third kappa shape index (κ3) is 18.6. The molecule has 0 heterocycles. The molecule has 0 aromatic carbocycles. The SMILES string of the molecule is CC/C=C\C/C=C\C/C=C\CCCCCCCC[N+](=O)[O-]. The predicted molar refractivity (Wildman–Crippen MR) is 91.1 cm³/mol. The van der Waals surface area contributed by atoms with Crippen LogP contribution in [0.15, 0.2) is 36.5 Å². The van der Waals surface area contributed by atoms with Crippen LogP contribution in [0.1, 0.15) is 71.1 Å². The second-order valence-electron chi connectivity index (χ2n) is 5.26. The van der Waals surface area contributed by atoms with Crippen molar-refractivity contribution in [3.05, 3.63) is 46.6 Å². The molecule has 0 amide bonds. The van der Waals surface area contributed by atoms with Crippen LogP contribution in [0, 0.1) is 10.1 Å². The Labute approximate surface area is 130 Å². The molecule has 0 unspecified atom stereocenters. The van der Waals surface area contributed by atoms with E-state index >= 15 is 0 Å². The molecule has 0 aliphatic rings. The Morgan fingerprint density at radius 1 is 0.762 bits per heavy atom.